The number of carbonyl (C=O) groups excluding carboxylic acids is 2. The fourth-order valence-corrected chi connectivity index (χ4v) is 4.28. The number of nitrogens with zero attached hydrogens (tertiary/aromatic N) is 1. The van der Waals surface area contributed by atoms with E-state index in [4.69, 9.17) is 0 Å². The number of carboxylic acid groups (broad SMARTS) is 2. The Morgan fingerprint density at radius 1 is 0.750 bits per heavy atom. The number of hydrogen-bond donors (Lipinski definition) is 4. The zero-order valence-corrected chi connectivity index (χ0v) is 22.8. The van der Waals surface area contributed by atoms with Crippen molar-refractivity contribution >= 4 is 29.4 Å². The van der Waals surface area contributed by atoms with Gasteiger partial charge in [0.15, 0.2) is 0 Å². The van der Waals surface area contributed by atoms with Crippen molar-refractivity contribution < 1.29 is 29.4 Å². The fraction of sp³-hybridized carbons (Fsp3) is 0.290. The number of carboxylic acids is 2. The second-order valence-corrected chi connectivity index (χ2v) is 9.88. The highest BCUT2D eigenvalue weighted by molar-refractivity contribution is 6.02. The summed E-state index contributed by atoms with van der Waals surface area (Å²) in [6.07, 6.45) is -0.404. The summed E-state index contributed by atoms with van der Waals surface area (Å²) in [5.74, 6) is -4.01. The molecule has 2 amide bonds. The number of nitrogens with one attached hydrogen (secondary N) is 2. The predicted octanol–water partition coefficient (Wildman–Crippen LogP) is 3.93. The van der Waals surface area contributed by atoms with Crippen molar-refractivity contribution in [2.75, 3.05) is 4.90 Å². The molecule has 3 atom stereocenters. The summed E-state index contributed by atoms with van der Waals surface area (Å²) in [7, 11) is 0. The van der Waals surface area contributed by atoms with Gasteiger partial charge in [-0.15, -0.1) is 0 Å². The Hall–Kier alpha value is -4.50. The molecule has 40 heavy (non-hydrogen) atoms. The van der Waals surface area contributed by atoms with E-state index in [1.165, 1.54) is 6.92 Å². The van der Waals surface area contributed by atoms with Crippen LogP contribution in [0.15, 0.2) is 84.9 Å². The van der Waals surface area contributed by atoms with Crippen LogP contribution in [0.2, 0.25) is 0 Å². The second kappa shape index (κ2) is 14.0. The van der Waals surface area contributed by atoms with E-state index in [0.717, 1.165) is 21.6 Å². The van der Waals surface area contributed by atoms with Crippen LogP contribution in [0.5, 0.6) is 0 Å². The van der Waals surface area contributed by atoms with Crippen molar-refractivity contribution in [3.8, 4) is 11.1 Å². The van der Waals surface area contributed by atoms with Gasteiger partial charge in [-0.1, -0.05) is 86.6 Å². The summed E-state index contributed by atoms with van der Waals surface area (Å²) in [4.78, 5) is 51.7. The van der Waals surface area contributed by atoms with Crippen LogP contribution >= 0.6 is 0 Å². The Morgan fingerprint density at radius 3 is 1.82 bits per heavy atom. The Balaban J connectivity index is 1.81. The summed E-state index contributed by atoms with van der Waals surface area (Å²) in [5, 5.41) is 25.2. The lowest BCUT2D eigenvalue weighted by Crippen LogP contribution is -2.58. The molecule has 0 bridgehead atoms. The SMILES string of the molecule is CC(C)[C@H](NC(CC(=O)NCc1ccccc1)C(=O)O)C(=O)N(c1ccc(-c2ccccc2)cc1)[C@@H](C)C(=O)O. The Kier molecular flexibility index (Phi) is 10.6. The number of rotatable bonds is 13. The molecule has 9 nitrogen and oxygen atoms in total. The van der Waals surface area contributed by atoms with Gasteiger partial charge in [-0.05, 0) is 41.7 Å². The molecule has 3 rings (SSSR count). The Bertz CT molecular complexity index is 1300. The van der Waals surface area contributed by atoms with Crippen LogP contribution in [0, 0.1) is 5.92 Å². The maximum absolute atomic E-state index is 13.8. The maximum Gasteiger partial charge on any atom is 0.326 e. The molecule has 0 heterocycles. The van der Waals surface area contributed by atoms with Crippen molar-refractivity contribution in [1.29, 1.82) is 0 Å². The van der Waals surface area contributed by atoms with Crippen LogP contribution in [-0.4, -0.2) is 52.1 Å². The predicted molar refractivity (Wildman–Crippen MR) is 153 cm³/mol. The lowest BCUT2D eigenvalue weighted by Gasteiger charge is -2.33. The van der Waals surface area contributed by atoms with Gasteiger partial charge in [0.2, 0.25) is 11.8 Å². The van der Waals surface area contributed by atoms with E-state index >= 15 is 0 Å². The number of hydrogen-bond acceptors (Lipinski definition) is 5. The number of aliphatic carboxylic acids is 2. The molecule has 0 fully saturated rings. The summed E-state index contributed by atoms with van der Waals surface area (Å²) < 4.78 is 0. The monoisotopic (exact) mass is 545 g/mol. The van der Waals surface area contributed by atoms with Crippen LogP contribution in [0.3, 0.4) is 0 Å². The van der Waals surface area contributed by atoms with E-state index < -0.39 is 54.2 Å². The zero-order chi connectivity index (χ0) is 29.2. The number of anilines is 1. The first-order valence-corrected chi connectivity index (χ1v) is 13.1. The number of benzene rings is 3. The first kappa shape index (κ1) is 30.0. The van der Waals surface area contributed by atoms with Gasteiger partial charge < -0.3 is 15.5 Å². The van der Waals surface area contributed by atoms with Gasteiger partial charge in [-0.3, -0.25) is 24.6 Å². The van der Waals surface area contributed by atoms with Crippen LogP contribution in [0.4, 0.5) is 5.69 Å². The highest BCUT2D eigenvalue weighted by atomic mass is 16.4. The highest BCUT2D eigenvalue weighted by Gasteiger charge is 2.36. The molecule has 0 radical (unpaired) electrons. The molecule has 0 aromatic heterocycles. The third-order valence-corrected chi connectivity index (χ3v) is 6.57. The quantitative estimate of drug-likeness (QED) is 0.255. The van der Waals surface area contributed by atoms with E-state index in [0.29, 0.717) is 5.69 Å². The van der Waals surface area contributed by atoms with Gasteiger partial charge in [0.1, 0.15) is 12.1 Å². The topological polar surface area (TPSA) is 136 Å². The lowest BCUT2D eigenvalue weighted by atomic mass is 9.99. The summed E-state index contributed by atoms with van der Waals surface area (Å²) in [6, 6.07) is 22.1. The van der Waals surface area contributed by atoms with Crippen LogP contribution in [0.25, 0.3) is 11.1 Å². The normalized spacial score (nSPS) is 13.2. The molecule has 1 unspecified atom stereocenters. The van der Waals surface area contributed by atoms with Gasteiger partial charge >= 0.3 is 11.9 Å². The van der Waals surface area contributed by atoms with Crippen molar-refractivity contribution in [1.82, 2.24) is 10.6 Å². The molecular formula is C31H35N3O6. The Labute approximate surface area is 233 Å². The number of carbonyl (C=O) groups is 4. The molecule has 4 N–H and O–H groups in total. The second-order valence-electron chi connectivity index (χ2n) is 9.88. The van der Waals surface area contributed by atoms with E-state index in [1.807, 2.05) is 60.7 Å². The zero-order valence-electron chi connectivity index (χ0n) is 22.8. The van der Waals surface area contributed by atoms with Crippen LogP contribution in [-0.2, 0) is 25.7 Å². The lowest BCUT2D eigenvalue weighted by molar-refractivity contribution is -0.143. The molecule has 0 saturated heterocycles. The molecule has 0 aliphatic carbocycles. The first-order valence-electron chi connectivity index (χ1n) is 13.1. The van der Waals surface area contributed by atoms with Gasteiger partial charge in [0.25, 0.3) is 0 Å². The minimum Gasteiger partial charge on any atom is -0.480 e. The molecule has 0 aliphatic rings. The largest absolute Gasteiger partial charge is 0.480 e. The van der Waals surface area contributed by atoms with Gasteiger partial charge in [0.05, 0.1) is 12.5 Å². The number of amides is 2. The van der Waals surface area contributed by atoms with Gasteiger partial charge in [-0.2, -0.15) is 0 Å². The molecule has 3 aromatic rings. The highest BCUT2D eigenvalue weighted by Crippen LogP contribution is 2.26. The van der Waals surface area contributed by atoms with Crippen molar-refractivity contribution in [2.24, 2.45) is 5.92 Å². The van der Waals surface area contributed by atoms with Gasteiger partial charge in [0, 0.05) is 12.2 Å². The fourth-order valence-electron chi connectivity index (χ4n) is 4.28. The minimum absolute atomic E-state index is 0.238. The molecule has 9 heteroatoms. The van der Waals surface area contributed by atoms with Crippen molar-refractivity contribution in [3.05, 3.63) is 90.5 Å². The third kappa shape index (κ3) is 8.00. The molecule has 0 spiro atoms. The van der Waals surface area contributed by atoms with Crippen LogP contribution in [0.1, 0.15) is 32.8 Å². The Morgan fingerprint density at radius 2 is 1.30 bits per heavy atom. The van der Waals surface area contributed by atoms with Crippen LogP contribution < -0.4 is 15.5 Å². The molecular weight excluding hydrogens is 510 g/mol. The molecule has 0 aliphatic heterocycles. The van der Waals surface area contributed by atoms with E-state index in [1.54, 1.807) is 38.1 Å². The maximum atomic E-state index is 13.8. The van der Waals surface area contributed by atoms with E-state index in [2.05, 4.69) is 10.6 Å². The molecule has 210 valence electrons. The average Bonchev–Trinajstić information content (AvgIpc) is 2.95. The first-order chi connectivity index (χ1) is 19.1. The van der Waals surface area contributed by atoms with Crippen molar-refractivity contribution in [3.63, 3.8) is 0 Å². The van der Waals surface area contributed by atoms with E-state index in [-0.39, 0.29) is 6.54 Å². The molecule has 3 aromatic carbocycles. The molecule has 0 saturated carbocycles. The average molecular weight is 546 g/mol. The summed E-state index contributed by atoms with van der Waals surface area (Å²) >= 11 is 0. The summed E-state index contributed by atoms with van der Waals surface area (Å²) in [5.41, 5.74) is 3.09. The van der Waals surface area contributed by atoms with Gasteiger partial charge in [-0.25, -0.2) is 4.79 Å². The third-order valence-electron chi connectivity index (χ3n) is 6.57. The smallest absolute Gasteiger partial charge is 0.326 e. The van der Waals surface area contributed by atoms with Crippen molar-refractivity contribution in [2.45, 2.75) is 51.9 Å². The standard InChI is InChI=1S/C31H35N3O6/c1-20(2)28(33-26(31(39)40)18-27(35)32-19-22-10-6-4-7-11-22)29(36)34(21(3)30(37)38)25-16-14-24(15-17-25)23-12-8-5-9-13-23/h4-17,20-21,26,28,33H,18-19H2,1-3H3,(H,32,35)(H,37,38)(H,39,40)/t21-,26?,28-/m0/s1. The summed E-state index contributed by atoms with van der Waals surface area (Å²) in [6.45, 7) is 5.09. The minimum atomic E-state index is -1.37. The van der Waals surface area contributed by atoms with E-state index in [9.17, 15) is 29.4 Å².